The van der Waals surface area contributed by atoms with Gasteiger partial charge in [-0.3, -0.25) is 0 Å². The van der Waals surface area contributed by atoms with Crippen molar-refractivity contribution in [3.63, 3.8) is 0 Å². The van der Waals surface area contributed by atoms with Crippen molar-refractivity contribution in [3.05, 3.63) is 211 Å². The lowest BCUT2D eigenvalue weighted by Crippen LogP contribution is -2.35. The standard InChI is InChI=1S/C49H37N3/c1-4-16-34(17-5-1)49(35-18-6-2-7-19-35)43-24-12-10-22-39(43)40-30-28-37(33-44(40)49)51-46-26-14-13-25-45(46)50-36-29-31-48-42(32-36)41-23-11-15-27-47(41)52(48)38-20-8-3-9-21-38/h1-18,20-33,35,50-51H,19H2. The van der Waals surface area contributed by atoms with Crippen molar-refractivity contribution in [2.24, 2.45) is 5.92 Å². The summed E-state index contributed by atoms with van der Waals surface area (Å²) in [7, 11) is 0. The Kier molecular flexibility index (Phi) is 7.17. The van der Waals surface area contributed by atoms with Crippen LogP contribution < -0.4 is 10.6 Å². The maximum Gasteiger partial charge on any atom is 0.0623 e. The number of nitrogens with one attached hydrogen (secondary N) is 2. The normalized spacial score (nSPS) is 17.3. The molecular formula is C49H37N3. The maximum atomic E-state index is 3.84. The number of aromatic nitrogens is 1. The van der Waals surface area contributed by atoms with Crippen LogP contribution in [0.2, 0.25) is 0 Å². The highest BCUT2D eigenvalue weighted by Crippen LogP contribution is 2.58. The summed E-state index contributed by atoms with van der Waals surface area (Å²) >= 11 is 0. The largest absolute Gasteiger partial charge is 0.354 e. The molecule has 2 aliphatic carbocycles. The molecule has 2 aliphatic rings. The third-order valence-electron chi connectivity index (χ3n) is 11.0. The summed E-state index contributed by atoms with van der Waals surface area (Å²) in [6, 6.07) is 61.5. The highest BCUT2D eigenvalue weighted by molar-refractivity contribution is 6.10. The molecule has 2 atom stereocenters. The summed E-state index contributed by atoms with van der Waals surface area (Å²) in [6.07, 6.45) is 10.1. The van der Waals surface area contributed by atoms with Gasteiger partial charge < -0.3 is 15.2 Å². The van der Waals surface area contributed by atoms with Crippen LogP contribution in [0.3, 0.4) is 0 Å². The molecule has 0 amide bonds. The van der Waals surface area contributed by atoms with E-state index in [1.165, 1.54) is 49.6 Å². The van der Waals surface area contributed by atoms with Gasteiger partial charge in [-0.1, -0.05) is 133 Å². The van der Waals surface area contributed by atoms with Crippen LogP contribution in [-0.4, -0.2) is 4.57 Å². The summed E-state index contributed by atoms with van der Waals surface area (Å²) in [4.78, 5) is 0. The minimum atomic E-state index is -0.307. The van der Waals surface area contributed by atoms with E-state index in [0.29, 0.717) is 0 Å². The number of nitrogens with zero attached hydrogens (tertiary/aromatic N) is 1. The van der Waals surface area contributed by atoms with E-state index in [-0.39, 0.29) is 11.3 Å². The molecule has 0 spiro atoms. The molecule has 248 valence electrons. The molecule has 3 nitrogen and oxygen atoms in total. The summed E-state index contributed by atoms with van der Waals surface area (Å²) < 4.78 is 2.35. The number of allylic oxidation sites excluding steroid dienone is 4. The van der Waals surface area contributed by atoms with E-state index in [9.17, 15) is 0 Å². The van der Waals surface area contributed by atoms with Gasteiger partial charge in [0, 0.05) is 27.8 Å². The molecule has 8 aromatic rings. The van der Waals surface area contributed by atoms with Gasteiger partial charge in [0.25, 0.3) is 0 Å². The van der Waals surface area contributed by atoms with Crippen molar-refractivity contribution >= 4 is 44.6 Å². The average molecular weight is 668 g/mol. The first-order valence-electron chi connectivity index (χ1n) is 18.1. The predicted molar refractivity (Wildman–Crippen MR) is 218 cm³/mol. The molecule has 7 aromatic carbocycles. The Labute approximate surface area is 304 Å². The average Bonchev–Trinajstić information content (AvgIpc) is 3.70. The van der Waals surface area contributed by atoms with Crippen LogP contribution in [0.25, 0.3) is 38.6 Å². The lowest BCUT2D eigenvalue weighted by molar-refractivity contribution is 0.457. The number of para-hydroxylation sites is 4. The van der Waals surface area contributed by atoms with Gasteiger partial charge in [0.05, 0.1) is 27.8 Å². The molecule has 10 rings (SSSR count). The fourth-order valence-electron chi connectivity index (χ4n) is 8.84. The van der Waals surface area contributed by atoms with E-state index in [2.05, 4.69) is 209 Å². The molecule has 0 radical (unpaired) electrons. The fourth-order valence-corrected chi connectivity index (χ4v) is 8.84. The number of benzene rings is 7. The lowest BCUT2D eigenvalue weighted by atomic mass is 9.62. The van der Waals surface area contributed by atoms with Crippen molar-refractivity contribution in [3.8, 4) is 16.8 Å². The van der Waals surface area contributed by atoms with Crippen molar-refractivity contribution in [2.45, 2.75) is 11.8 Å². The number of anilines is 4. The molecule has 1 aromatic heterocycles. The predicted octanol–water partition coefficient (Wildman–Crippen LogP) is 12.7. The lowest BCUT2D eigenvalue weighted by Gasteiger charge is -2.39. The molecule has 2 N–H and O–H groups in total. The number of fused-ring (bicyclic) bond motifs is 6. The summed E-state index contributed by atoms with van der Waals surface area (Å²) in [5.41, 5.74) is 14.1. The third kappa shape index (κ3) is 4.74. The first kappa shape index (κ1) is 30.3. The minimum absolute atomic E-state index is 0.286. The number of hydrogen-bond donors (Lipinski definition) is 2. The first-order chi connectivity index (χ1) is 25.8. The van der Waals surface area contributed by atoms with E-state index in [4.69, 9.17) is 0 Å². The van der Waals surface area contributed by atoms with Gasteiger partial charge in [-0.2, -0.15) is 0 Å². The topological polar surface area (TPSA) is 29.0 Å². The van der Waals surface area contributed by atoms with Gasteiger partial charge in [0.2, 0.25) is 0 Å². The molecule has 0 fully saturated rings. The molecular weight excluding hydrogens is 631 g/mol. The molecule has 1 heterocycles. The Bertz CT molecular complexity index is 2670. The van der Waals surface area contributed by atoms with Crippen LogP contribution in [0.15, 0.2) is 194 Å². The number of rotatable bonds is 7. The Morgan fingerprint density at radius 1 is 0.500 bits per heavy atom. The van der Waals surface area contributed by atoms with Gasteiger partial charge in [0.15, 0.2) is 0 Å². The van der Waals surface area contributed by atoms with Crippen LogP contribution in [0.1, 0.15) is 23.1 Å². The van der Waals surface area contributed by atoms with Crippen LogP contribution >= 0.6 is 0 Å². The van der Waals surface area contributed by atoms with Crippen LogP contribution in [0.4, 0.5) is 22.7 Å². The molecule has 3 heteroatoms. The number of hydrogen-bond acceptors (Lipinski definition) is 2. The zero-order valence-corrected chi connectivity index (χ0v) is 28.7. The van der Waals surface area contributed by atoms with E-state index >= 15 is 0 Å². The van der Waals surface area contributed by atoms with Gasteiger partial charge in [0.1, 0.15) is 0 Å². The van der Waals surface area contributed by atoms with Crippen molar-refractivity contribution in [1.82, 2.24) is 4.57 Å². The van der Waals surface area contributed by atoms with Gasteiger partial charge >= 0.3 is 0 Å². The second-order valence-corrected chi connectivity index (χ2v) is 13.9. The maximum absolute atomic E-state index is 3.84. The SMILES string of the molecule is C1=CCC(C2(c3ccccc3)c3ccccc3-c3ccc(Nc4ccccc4Nc4ccc5c(c4)c4ccccc4n5-c4ccccc4)cc32)C=C1. The Hall–Kier alpha value is -6.58. The second kappa shape index (κ2) is 12.3. The van der Waals surface area contributed by atoms with E-state index in [1.807, 2.05) is 0 Å². The fraction of sp³-hybridized carbons (Fsp3) is 0.0612. The van der Waals surface area contributed by atoms with Gasteiger partial charge in [-0.25, -0.2) is 0 Å². The Morgan fingerprint density at radius 3 is 1.92 bits per heavy atom. The highest BCUT2D eigenvalue weighted by atomic mass is 15.0. The van der Waals surface area contributed by atoms with E-state index < -0.39 is 0 Å². The molecule has 2 unspecified atom stereocenters. The molecule has 0 bridgehead atoms. The summed E-state index contributed by atoms with van der Waals surface area (Å²) in [5, 5.41) is 10.1. The van der Waals surface area contributed by atoms with E-state index in [0.717, 1.165) is 34.9 Å². The Balaban J connectivity index is 1.04. The summed E-state index contributed by atoms with van der Waals surface area (Å²) in [6.45, 7) is 0. The van der Waals surface area contributed by atoms with Crippen LogP contribution in [-0.2, 0) is 5.41 Å². The quantitative estimate of drug-likeness (QED) is 0.177. The highest BCUT2D eigenvalue weighted by Gasteiger charge is 2.49. The van der Waals surface area contributed by atoms with E-state index in [1.54, 1.807) is 0 Å². The summed E-state index contributed by atoms with van der Waals surface area (Å²) in [5.74, 6) is 0.286. The Morgan fingerprint density at radius 2 is 1.13 bits per heavy atom. The van der Waals surface area contributed by atoms with Crippen LogP contribution in [0.5, 0.6) is 0 Å². The van der Waals surface area contributed by atoms with Crippen molar-refractivity contribution < 1.29 is 0 Å². The third-order valence-corrected chi connectivity index (χ3v) is 11.0. The van der Waals surface area contributed by atoms with Crippen LogP contribution in [0, 0.1) is 5.92 Å². The monoisotopic (exact) mass is 667 g/mol. The zero-order chi connectivity index (χ0) is 34.5. The smallest absolute Gasteiger partial charge is 0.0623 e. The first-order valence-corrected chi connectivity index (χ1v) is 18.1. The van der Waals surface area contributed by atoms with Gasteiger partial charge in [-0.05, 0) is 101 Å². The minimum Gasteiger partial charge on any atom is -0.354 e. The van der Waals surface area contributed by atoms with Gasteiger partial charge in [-0.15, -0.1) is 0 Å². The molecule has 0 saturated heterocycles. The second-order valence-electron chi connectivity index (χ2n) is 13.9. The molecule has 52 heavy (non-hydrogen) atoms. The van der Waals surface area contributed by atoms with Crippen molar-refractivity contribution in [1.29, 1.82) is 0 Å². The van der Waals surface area contributed by atoms with Crippen molar-refractivity contribution in [2.75, 3.05) is 10.6 Å². The molecule has 0 saturated carbocycles. The zero-order valence-electron chi connectivity index (χ0n) is 28.7. The molecule has 0 aliphatic heterocycles.